The number of methoxy groups -OCH3 is 1. The van der Waals surface area contributed by atoms with Crippen molar-refractivity contribution in [2.24, 2.45) is 0 Å². The highest BCUT2D eigenvalue weighted by Crippen LogP contribution is 2.17. The van der Waals surface area contributed by atoms with E-state index in [0.29, 0.717) is 37.9 Å². The Labute approximate surface area is 164 Å². The second kappa shape index (κ2) is 9.14. The highest BCUT2D eigenvalue weighted by molar-refractivity contribution is 7.80. The van der Waals surface area contributed by atoms with Crippen LogP contribution in [-0.2, 0) is 25.5 Å². The monoisotopic (exact) mass is 391 g/mol. The fourth-order valence-corrected chi connectivity index (χ4v) is 3.55. The van der Waals surface area contributed by atoms with Gasteiger partial charge in [-0.2, -0.15) is 0 Å². The Hall–Kier alpha value is -2.19. The van der Waals surface area contributed by atoms with Crippen molar-refractivity contribution in [3.63, 3.8) is 0 Å². The number of ether oxygens (including phenoxy) is 2. The number of esters is 1. The molecule has 7 nitrogen and oxygen atoms in total. The van der Waals surface area contributed by atoms with Crippen molar-refractivity contribution in [3.05, 3.63) is 29.8 Å². The Morgan fingerprint density at radius 2 is 1.85 bits per heavy atom. The van der Waals surface area contributed by atoms with Crippen molar-refractivity contribution in [2.45, 2.75) is 25.4 Å². The molecule has 1 atom stereocenters. The van der Waals surface area contributed by atoms with Crippen LogP contribution in [-0.4, -0.2) is 72.8 Å². The molecule has 1 amide bonds. The maximum Gasteiger partial charge on any atom is 0.309 e. The van der Waals surface area contributed by atoms with Crippen molar-refractivity contribution >= 4 is 34.9 Å². The van der Waals surface area contributed by atoms with Gasteiger partial charge in [0, 0.05) is 38.5 Å². The number of hydrogen-bond acceptors (Lipinski definition) is 5. The van der Waals surface area contributed by atoms with E-state index in [1.165, 1.54) is 7.11 Å². The number of carbonyl (C=O) groups excluding carboxylic acids is 2. The molecule has 0 aliphatic carbocycles. The van der Waals surface area contributed by atoms with Crippen LogP contribution in [0.3, 0.4) is 0 Å². The van der Waals surface area contributed by atoms with Crippen molar-refractivity contribution < 1.29 is 19.1 Å². The summed E-state index contributed by atoms with van der Waals surface area (Å²) in [5, 5.41) is 3.86. The lowest BCUT2D eigenvalue weighted by molar-refractivity contribution is -0.142. The fraction of sp³-hybridized carbons (Fsp3) is 0.526. The summed E-state index contributed by atoms with van der Waals surface area (Å²) < 4.78 is 10.2. The largest absolute Gasteiger partial charge is 0.469 e. The molecule has 0 radical (unpaired) electrons. The summed E-state index contributed by atoms with van der Waals surface area (Å²) in [6.45, 7) is 3.38. The molecule has 1 N–H and O–H groups in total. The van der Waals surface area contributed by atoms with E-state index in [0.717, 1.165) is 24.1 Å². The number of piperazine rings is 1. The van der Waals surface area contributed by atoms with E-state index in [4.69, 9.17) is 17.0 Å². The second-order valence-electron chi connectivity index (χ2n) is 6.69. The second-order valence-corrected chi connectivity index (χ2v) is 7.08. The standard InChI is InChI=1S/C19H25N3O4S/c1-25-17(23)13-14-4-6-15(7-5-14)20-19(27)22-10-8-21(9-11-22)18(24)16-3-2-12-26-16/h4-7,16H,2-3,8-13H2,1H3,(H,20,27)/t16-/m1/s1. The number of amides is 1. The Balaban J connectivity index is 1.46. The first-order valence-corrected chi connectivity index (χ1v) is 9.59. The van der Waals surface area contributed by atoms with Crippen LogP contribution in [0, 0.1) is 0 Å². The lowest BCUT2D eigenvalue weighted by atomic mass is 10.1. The van der Waals surface area contributed by atoms with Gasteiger partial charge in [0.25, 0.3) is 5.91 Å². The van der Waals surface area contributed by atoms with Crippen LogP contribution >= 0.6 is 12.2 Å². The molecule has 2 heterocycles. The van der Waals surface area contributed by atoms with Crippen molar-refractivity contribution in [1.29, 1.82) is 0 Å². The van der Waals surface area contributed by atoms with E-state index in [-0.39, 0.29) is 24.4 Å². The highest BCUT2D eigenvalue weighted by atomic mass is 32.1. The molecular weight excluding hydrogens is 366 g/mol. The smallest absolute Gasteiger partial charge is 0.309 e. The van der Waals surface area contributed by atoms with Gasteiger partial charge < -0.3 is 24.6 Å². The molecule has 1 aromatic rings. The summed E-state index contributed by atoms with van der Waals surface area (Å²) in [7, 11) is 1.38. The lowest BCUT2D eigenvalue weighted by Gasteiger charge is -2.37. The normalized spacial score (nSPS) is 19.7. The molecule has 3 rings (SSSR count). The molecule has 0 unspecified atom stereocenters. The number of carbonyl (C=O) groups is 2. The van der Waals surface area contributed by atoms with Crippen LogP contribution in [0.15, 0.2) is 24.3 Å². The van der Waals surface area contributed by atoms with Gasteiger partial charge in [-0.1, -0.05) is 12.1 Å². The molecule has 146 valence electrons. The van der Waals surface area contributed by atoms with Crippen LogP contribution in [0.2, 0.25) is 0 Å². The summed E-state index contributed by atoms with van der Waals surface area (Å²) in [6, 6.07) is 7.53. The lowest BCUT2D eigenvalue weighted by Crippen LogP contribution is -2.53. The zero-order valence-electron chi connectivity index (χ0n) is 15.5. The molecule has 1 aromatic carbocycles. The Kier molecular flexibility index (Phi) is 6.63. The van der Waals surface area contributed by atoms with E-state index >= 15 is 0 Å². The van der Waals surface area contributed by atoms with E-state index < -0.39 is 0 Å². The number of hydrogen-bond donors (Lipinski definition) is 1. The van der Waals surface area contributed by atoms with E-state index in [1.54, 1.807) is 0 Å². The molecule has 8 heteroatoms. The quantitative estimate of drug-likeness (QED) is 0.615. The molecular formula is C19H25N3O4S. The van der Waals surface area contributed by atoms with Gasteiger partial charge >= 0.3 is 5.97 Å². The fourth-order valence-electron chi connectivity index (χ4n) is 3.25. The summed E-state index contributed by atoms with van der Waals surface area (Å²) in [5.74, 6) is -0.158. The number of thiocarbonyl (C=S) groups is 1. The molecule has 2 aliphatic rings. The minimum atomic E-state index is -0.262. The van der Waals surface area contributed by atoms with Gasteiger partial charge in [0.1, 0.15) is 6.10 Å². The van der Waals surface area contributed by atoms with Gasteiger partial charge in [-0.25, -0.2) is 0 Å². The molecule has 2 aliphatic heterocycles. The van der Waals surface area contributed by atoms with Crippen LogP contribution in [0.25, 0.3) is 0 Å². The van der Waals surface area contributed by atoms with Gasteiger partial charge in [0.2, 0.25) is 0 Å². The van der Waals surface area contributed by atoms with Crippen molar-refractivity contribution in [3.8, 4) is 0 Å². The van der Waals surface area contributed by atoms with E-state index in [1.807, 2.05) is 29.2 Å². The van der Waals surface area contributed by atoms with Gasteiger partial charge in [-0.3, -0.25) is 9.59 Å². The summed E-state index contributed by atoms with van der Waals surface area (Å²) in [6.07, 6.45) is 1.78. The Morgan fingerprint density at radius 1 is 1.19 bits per heavy atom. The Bertz CT molecular complexity index is 681. The first kappa shape index (κ1) is 19.6. The minimum Gasteiger partial charge on any atom is -0.469 e. The number of benzene rings is 1. The van der Waals surface area contributed by atoms with Gasteiger partial charge in [-0.15, -0.1) is 0 Å². The average molecular weight is 391 g/mol. The molecule has 0 bridgehead atoms. The van der Waals surface area contributed by atoms with Gasteiger partial charge in [-0.05, 0) is 42.8 Å². The molecule has 2 fully saturated rings. The predicted molar refractivity (Wildman–Crippen MR) is 106 cm³/mol. The van der Waals surface area contributed by atoms with E-state index in [9.17, 15) is 9.59 Å². The van der Waals surface area contributed by atoms with E-state index in [2.05, 4.69) is 15.0 Å². The third kappa shape index (κ3) is 5.17. The number of nitrogens with zero attached hydrogens (tertiary/aromatic N) is 2. The molecule has 0 saturated carbocycles. The number of anilines is 1. The number of nitrogens with one attached hydrogen (secondary N) is 1. The topological polar surface area (TPSA) is 71.1 Å². The Morgan fingerprint density at radius 3 is 2.44 bits per heavy atom. The molecule has 2 saturated heterocycles. The summed E-state index contributed by atoms with van der Waals surface area (Å²) in [4.78, 5) is 27.6. The third-order valence-electron chi connectivity index (χ3n) is 4.87. The third-order valence-corrected chi connectivity index (χ3v) is 5.23. The summed E-state index contributed by atoms with van der Waals surface area (Å²) in [5.41, 5.74) is 1.76. The maximum atomic E-state index is 12.4. The molecule has 0 spiro atoms. The predicted octanol–water partition coefficient (Wildman–Crippen LogP) is 1.42. The van der Waals surface area contributed by atoms with Gasteiger partial charge in [0.15, 0.2) is 5.11 Å². The van der Waals surface area contributed by atoms with Gasteiger partial charge in [0.05, 0.1) is 13.5 Å². The highest BCUT2D eigenvalue weighted by Gasteiger charge is 2.30. The average Bonchev–Trinajstić information content (AvgIpc) is 3.23. The minimum absolute atomic E-state index is 0.104. The van der Waals surface area contributed by atoms with Crippen LogP contribution in [0.5, 0.6) is 0 Å². The number of rotatable bonds is 4. The van der Waals surface area contributed by atoms with Crippen LogP contribution in [0.1, 0.15) is 18.4 Å². The first-order valence-electron chi connectivity index (χ1n) is 9.19. The van der Waals surface area contributed by atoms with Crippen LogP contribution < -0.4 is 5.32 Å². The first-order chi connectivity index (χ1) is 13.1. The molecule has 0 aromatic heterocycles. The summed E-state index contributed by atoms with van der Waals surface area (Å²) >= 11 is 5.50. The zero-order chi connectivity index (χ0) is 19.2. The van der Waals surface area contributed by atoms with Crippen molar-refractivity contribution in [2.75, 3.05) is 45.2 Å². The molecule has 27 heavy (non-hydrogen) atoms. The SMILES string of the molecule is COC(=O)Cc1ccc(NC(=S)N2CCN(C(=O)[C@H]3CCCO3)CC2)cc1. The van der Waals surface area contributed by atoms with Crippen LogP contribution in [0.4, 0.5) is 5.69 Å². The zero-order valence-corrected chi connectivity index (χ0v) is 16.3. The maximum absolute atomic E-state index is 12.4. The van der Waals surface area contributed by atoms with Crippen molar-refractivity contribution in [1.82, 2.24) is 9.80 Å².